The average Bonchev–Trinajstić information content (AvgIpc) is 3.05. The lowest BCUT2D eigenvalue weighted by Gasteiger charge is -2.40. The minimum absolute atomic E-state index is 0.0589. The average molecular weight is 394 g/mol. The molecule has 0 saturated carbocycles. The Morgan fingerprint density at radius 1 is 1.36 bits per heavy atom. The summed E-state index contributed by atoms with van der Waals surface area (Å²) < 4.78 is 21.9. The smallest absolute Gasteiger partial charge is 0.342 e. The number of hydrogen-bond acceptors (Lipinski definition) is 8. The monoisotopic (exact) mass is 394 g/mol. The molecule has 0 aliphatic carbocycles. The summed E-state index contributed by atoms with van der Waals surface area (Å²) in [5, 5.41) is 22.1. The van der Waals surface area contributed by atoms with Crippen molar-refractivity contribution in [3.8, 4) is 0 Å². The lowest BCUT2D eigenvalue weighted by atomic mass is 9.82. The van der Waals surface area contributed by atoms with Crippen LogP contribution in [0.2, 0.25) is 0 Å². The predicted molar refractivity (Wildman–Crippen MR) is 96.7 cm³/mol. The van der Waals surface area contributed by atoms with Crippen molar-refractivity contribution in [2.24, 2.45) is 0 Å². The summed E-state index contributed by atoms with van der Waals surface area (Å²) in [6.45, 7) is 8.15. The highest BCUT2D eigenvalue weighted by Gasteiger charge is 2.58. The van der Waals surface area contributed by atoms with Crippen LogP contribution in [-0.2, 0) is 28.5 Å². The van der Waals surface area contributed by atoms with E-state index < -0.39 is 35.0 Å². The highest BCUT2D eigenvalue weighted by Crippen LogP contribution is 2.49. The molecule has 0 aromatic rings. The topological polar surface area (TPSA) is 112 Å². The first kappa shape index (κ1) is 20.7. The Kier molecular flexibility index (Phi) is 5.04. The van der Waals surface area contributed by atoms with E-state index >= 15 is 0 Å². The molecule has 0 aromatic heterocycles. The van der Waals surface area contributed by atoms with E-state index in [1.807, 2.05) is 0 Å². The zero-order chi connectivity index (χ0) is 20.9. The van der Waals surface area contributed by atoms with Crippen LogP contribution in [0.1, 0.15) is 40.0 Å². The summed E-state index contributed by atoms with van der Waals surface area (Å²) >= 11 is 0. The number of methoxy groups -OCH3 is 1. The largest absolute Gasteiger partial charge is 0.454 e. The molecular weight excluding hydrogens is 368 g/mol. The number of hydrogen-bond donors (Lipinski definition) is 2. The molecule has 0 aromatic carbocycles. The van der Waals surface area contributed by atoms with Gasteiger partial charge in [0.05, 0.1) is 17.8 Å². The first-order valence-corrected chi connectivity index (χ1v) is 9.10. The van der Waals surface area contributed by atoms with Crippen LogP contribution < -0.4 is 0 Å². The van der Waals surface area contributed by atoms with Crippen LogP contribution in [0.3, 0.4) is 0 Å². The van der Waals surface area contributed by atoms with E-state index in [0.29, 0.717) is 12.0 Å². The van der Waals surface area contributed by atoms with Crippen molar-refractivity contribution < 1.29 is 38.7 Å². The molecule has 0 amide bonds. The Morgan fingerprint density at radius 2 is 2.04 bits per heavy atom. The van der Waals surface area contributed by atoms with E-state index in [0.717, 1.165) is 0 Å². The number of rotatable bonds is 4. The molecule has 3 rings (SSSR count). The van der Waals surface area contributed by atoms with E-state index in [2.05, 4.69) is 6.58 Å². The van der Waals surface area contributed by atoms with Gasteiger partial charge in [0.25, 0.3) is 0 Å². The third-order valence-electron chi connectivity index (χ3n) is 5.47. The zero-order valence-electron chi connectivity index (χ0n) is 16.5. The molecule has 1 fully saturated rings. The Hall–Kier alpha value is -2.00. The Balaban J connectivity index is 2.18. The predicted octanol–water partition coefficient (Wildman–Crippen LogP) is 1.27. The Morgan fingerprint density at radius 3 is 2.64 bits per heavy atom. The Labute approximate surface area is 163 Å². The van der Waals surface area contributed by atoms with Gasteiger partial charge in [0.15, 0.2) is 5.79 Å². The van der Waals surface area contributed by atoms with Crippen LogP contribution in [0.25, 0.3) is 0 Å². The molecule has 2 N–H and O–H groups in total. The van der Waals surface area contributed by atoms with Gasteiger partial charge in [-0.2, -0.15) is 0 Å². The molecule has 0 unspecified atom stereocenters. The summed E-state index contributed by atoms with van der Waals surface area (Å²) in [5.41, 5.74) is -2.09. The fraction of sp³-hybridized carbons (Fsp3) is 0.600. The fourth-order valence-corrected chi connectivity index (χ4v) is 3.83. The van der Waals surface area contributed by atoms with E-state index in [1.54, 1.807) is 13.0 Å². The minimum Gasteiger partial charge on any atom is -0.454 e. The van der Waals surface area contributed by atoms with Crippen LogP contribution in [-0.4, -0.2) is 59.0 Å². The van der Waals surface area contributed by atoms with Gasteiger partial charge in [-0.3, -0.25) is 0 Å². The van der Waals surface area contributed by atoms with Gasteiger partial charge < -0.3 is 29.2 Å². The molecule has 3 aliphatic heterocycles. The van der Waals surface area contributed by atoms with Gasteiger partial charge in [-0.15, -0.1) is 0 Å². The van der Waals surface area contributed by atoms with Gasteiger partial charge >= 0.3 is 11.9 Å². The van der Waals surface area contributed by atoms with Crippen molar-refractivity contribution in [3.05, 3.63) is 35.1 Å². The maximum atomic E-state index is 12.4. The molecule has 1 saturated heterocycles. The SMILES string of the molecule is C=C(C)C(=O)O[C@H]1C[C@@](C)(O)[C@@]2(O)CC[C@](C)(/C=C3/OC(=O)C(COC)=C31)O2. The first-order chi connectivity index (χ1) is 12.9. The van der Waals surface area contributed by atoms with Crippen molar-refractivity contribution in [1.82, 2.24) is 0 Å². The first-order valence-electron chi connectivity index (χ1n) is 9.10. The summed E-state index contributed by atoms with van der Waals surface area (Å²) in [6, 6.07) is 0. The van der Waals surface area contributed by atoms with Crippen molar-refractivity contribution in [1.29, 1.82) is 0 Å². The molecule has 0 spiro atoms. The highest BCUT2D eigenvalue weighted by molar-refractivity contribution is 5.95. The maximum Gasteiger partial charge on any atom is 0.342 e. The number of esters is 2. The van der Waals surface area contributed by atoms with Crippen LogP contribution in [0.5, 0.6) is 0 Å². The van der Waals surface area contributed by atoms with Gasteiger partial charge in [-0.05, 0) is 33.3 Å². The fourth-order valence-electron chi connectivity index (χ4n) is 3.83. The van der Waals surface area contributed by atoms with Crippen molar-refractivity contribution in [3.63, 3.8) is 0 Å². The lowest BCUT2D eigenvalue weighted by Crippen LogP contribution is -2.54. The van der Waals surface area contributed by atoms with E-state index in [4.69, 9.17) is 18.9 Å². The molecule has 3 heterocycles. The highest BCUT2D eigenvalue weighted by atomic mass is 16.7. The quantitative estimate of drug-likeness (QED) is 0.542. The minimum atomic E-state index is -1.85. The molecule has 0 radical (unpaired) electrons. The summed E-state index contributed by atoms with van der Waals surface area (Å²) in [6.07, 6.45) is 0.875. The van der Waals surface area contributed by atoms with Gasteiger partial charge in [-0.1, -0.05) is 6.58 Å². The zero-order valence-corrected chi connectivity index (χ0v) is 16.5. The number of aliphatic hydroxyl groups is 2. The second-order valence-corrected chi connectivity index (χ2v) is 8.07. The van der Waals surface area contributed by atoms with Crippen LogP contribution >= 0.6 is 0 Å². The van der Waals surface area contributed by atoms with Crippen LogP contribution in [0.15, 0.2) is 35.1 Å². The van der Waals surface area contributed by atoms with Gasteiger partial charge in [0.1, 0.15) is 17.5 Å². The van der Waals surface area contributed by atoms with Gasteiger partial charge in [0, 0.05) is 31.1 Å². The number of carbonyl (C=O) groups is 2. The summed E-state index contributed by atoms with van der Waals surface area (Å²) in [4.78, 5) is 24.7. The molecule has 4 atom stereocenters. The summed E-state index contributed by atoms with van der Waals surface area (Å²) in [7, 11) is 1.43. The maximum absolute atomic E-state index is 12.4. The van der Waals surface area contributed by atoms with Crippen molar-refractivity contribution in [2.45, 2.75) is 63.1 Å². The van der Waals surface area contributed by atoms with Gasteiger partial charge in [0.2, 0.25) is 0 Å². The molecule has 2 bridgehead atoms. The molecule has 3 aliphatic rings. The molecule has 8 heteroatoms. The normalized spacial score (nSPS) is 39.3. The standard InChI is InChI=1S/C20H26O8/c1-11(2)16(21)26-14-9-19(4,23)20(24)7-6-18(3,28-20)8-13-15(14)12(10-25-5)17(22)27-13/h8,14,23-24H,1,6-7,9-10H2,2-5H3/b13-8+/t14-,18+,19+,20+/m0/s1. The van der Waals surface area contributed by atoms with E-state index in [-0.39, 0.29) is 36.4 Å². The van der Waals surface area contributed by atoms with Crippen LogP contribution in [0.4, 0.5) is 0 Å². The van der Waals surface area contributed by atoms with Crippen LogP contribution in [0, 0.1) is 0 Å². The van der Waals surface area contributed by atoms with E-state index in [1.165, 1.54) is 21.0 Å². The van der Waals surface area contributed by atoms with E-state index in [9.17, 15) is 19.8 Å². The van der Waals surface area contributed by atoms with Gasteiger partial charge in [-0.25, -0.2) is 9.59 Å². The second-order valence-electron chi connectivity index (χ2n) is 8.07. The molecular formula is C20H26O8. The Bertz CT molecular complexity index is 792. The third kappa shape index (κ3) is 3.41. The number of ether oxygens (including phenoxy) is 4. The third-order valence-corrected chi connectivity index (χ3v) is 5.47. The second kappa shape index (κ2) is 6.81. The lowest BCUT2D eigenvalue weighted by molar-refractivity contribution is -0.298. The van der Waals surface area contributed by atoms with Crippen molar-refractivity contribution in [2.75, 3.05) is 13.7 Å². The molecule has 8 nitrogen and oxygen atoms in total. The number of carbonyl (C=O) groups excluding carboxylic acids is 2. The summed E-state index contributed by atoms with van der Waals surface area (Å²) in [5.74, 6) is -2.97. The number of fused-ring (bicyclic) bond motifs is 3. The van der Waals surface area contributed by atoms with Crippen molar-refractivity contribution >= 4 is 11.9 Å². The molecule has 154 valence electrons. The molecule has 28 heavy (non-hydrogen) atoms.